The van der Waals surface area contributed by atoms with Crippen LogP contribution in [0.15, 0.2) is 28.7 Å². The number of thioether (sulfide) groups is 1. The van der Waals surface area contributed by atoms with Crippen LogP contribution < -0.4 is 0 Å². The zero-order chi connectivity index (χ0) is 11.0. The van der Waals surface area contributed by atoms with Crippen molar-refractivity contribution in [3.63, 3.8) is 0 Å². The highest BCUT2D eigenvalue weighted by molar-refractivity contribution is 8.01. The van der Waals surface area contributed by atoms with E-state index in [2.05, 4.69) is 0 Å². The Morgan fingerprint density at radius 1 is 1.47 bits per heavy atom. The SMILES string of the molecule is CC(=O)[C@@H]1Sc2cccc(Cl)c2C=C1C. The predicted octanol–water partition coefficient (Wildman–Crippen LogP) is 3.81. The first-order valence-corrected chi connectivity index (χ1v) is 5.99. The largest absolute Gasteiger partial charge is 0.298 e. The molecular formula is C12H11ClOS. The molecule has 0 saturated carbocycles. The van der Waals surface area contributed by atoms with Crippen LogP contribution in [0, 0.1) is 0 Å². The first kappa shape index (κ1) is 10.8. The van der Waals surface area contributed by atoms with Crippen molar-refractivity contribution in [1.82, 2.24) is 0 Å². The molecule has 0 spiro atoms. The number of rotatable bonds is 1. The third-order valence-corrected chi connectivity index (χ3v) is 4.29. The third kappa shape index (κ3) is 1.97. The summed E-state index contributed by atoms with van der Waals surface area (Å²) in [7, 11) is 0. The lowest BCUT2D eigenvalue weighted by Gasteiger charge is -2.21. The van der Waals surface area contributed by atoms with Gasteiger partial charge in [-0.05, 0) is 26.0 Å². The van der Waals surface area contributed by atoms with E-state index < -0.39 is 0 Å². The van der Waals surface area contributed by atoms with E-state index in [1.807, 2.05) is 31.2 Å². The Hall–Kier alpha value is -0.730. The number of hydrogen-bond donors (Lipinski definition) is 0. The van der Waals surface area contributed by atoms with Crippen molar-refractivity contribution >= 4 is 35.2 Å². The summed E-state index contributed by atoms with van der Waals surface area (Å²) >= 11 is 7.68. The van der Waals surface area contributed by atoms with E-state index in [1.54, 1.807) is 18.7 Å². The summed E-state index contributed by atoms with van der Waals surface area (Å²) in [4.78, 5) is 12.5. The Labute approximate surface area is 98.5 Å². The summed E-state index contributed by atoms with van der Waals surface area (Å²) in [6.45, 7) is 3.61. The molecule has 78 valence electrons. The number of ketones is 1. The summed E-state index contributed by atoms with van der Waals surface area (Å²) in [5.41, 5.74) is 2.12. The predicted molar refractivity (Wildman–Crippen MR) is 65.4 cm³/mol. The van der Waals surface area contributed by atoms with Crippen molar-refractivity contribution in [3.8, 4) is 0 Å². The Morgan fingerprint density at radius 2 is 2.20 bits per heavy atom. The summed E-state index contributed by atoms with van der Waals surface area (Å²) in [6.07, 6.45) is 2.01. The number of hydrogen-bond acceptors (Lipinski definition) is 2. The fourth-order valence-corrected chi connectivity index (χ4v) is 3.10. The molecule has 1 aromatic rings. The van der Waals surface area contributed by atoms with E-state index in [4.69, 9.17) is 11.6 Å². The average molecular weight is 239 g/mol. The molecule has 1 aliphatic rings. The second kappa shape index (κ2) is 4.03. The van der Waals surface area contributed by atoms with Crippen LogP contribution in [0.4, 0.5) is 0 Å². The number of carbonyl (C=O) groups is 1. The fourth-order valence-electron chi connectivity index (χ4n) is 1.69. The highest BCUT2D eigenvalue weighted by Crippen LogP contribution is 2.40. The van der Waals surface area contributed by atoms with Gasteiger partial charge in [0.05, 0.1) is 5.25 Å². The van der Waals surface area contributed by atoms with Gasteiger partial charge in [-0.2, -0.15) is 0 Å². The van der Waals surface area contributed by atoms with Gasteiger partial charge in [0, 0.05) is 15.5 Å². The Balaban J connectivity index is 2.50. The van der Waals surface area contributed by atoms with Crippen LogP contribution in [0.1, 0.15) is 19.4 Å². The Bertz CT molecular complexity index is 451. The molecule has 2 rings (SSSR count). The molecule has 1 aliphatic heterocycles. The molecule has 1 aromatic carbocycles. The van der Waals surface area contributed by atoms with Gasteiger partial charge in [-0.1, -0.05) is 29.3 Å². The Morgan fingerprint density at radius 3 is 2.87 bits per heavy atom. The van der Waals surface area contributed by atoms with Crippen molar-refractivity contribution in [1.29, 1.82) is 0 Å². The maximum atomic E-state index is 11.4. The number of Topliss-reactive ketones (excluding diaryl/α,β-unsaturated/α-hetero) is 1. The average Bonchev–Trinajstić information content (AvgIpc) is 2.18. The smallest absolute Gasteiger partial charge is 0.147 e. The molecule has 0 N–H and O–H groups in total. The van der Waals surface area contributed by atoms with E-state index in [1.165, 1.54) is 0 Å². The van der Waals surface area contributed by atoms with Gasteiger partial charge in [-0.15, -0.1) is 11.8 Å². The van der Waals surface area contributed by atoms with E-state index in [0.717, 1.165) is 21.1 Å². The zero-order valence-corrected chi connectivity index (χ0v) is 10.2. The molecule has 0 radical (unpaired) electrons. The molecule has 1 atom stereocenters. The van der Waals surface area contributed by atoms with Crippen LogP contribution in [0.2, 0.25) is 5.02 Å². The van der Waals surface area contributed by atoms with Crippen LogP contribution in [0.3, 0.4) is 0 Å². The van der Waals surface area contributed by atoms with E-state index in [-0.39, 0.29) is 11.0 Å². The topological polar surface area (TPSA) is 17.1 Å². The lowest BCUT2D eigenvalue weighted by molar-refractivity contribution is -0.115. The number of carbonyl (C=O) groups excluding carboxylic acids is 1. The second-order valence-electron chi connectivity index (χ2n) is 3.65. The van der Waals surface area contributed by atoms with Crippen LogP contribution >= 0.6 is 23.4 Å². The molecule has 0 aromatic heterocycles. The lowest BCUT2D eigenvalue weighted by atomic mass is 10.1. The third-order valence-electron chi connectivity index (χ3n) is 2.41. The van der Waals surface area contributed by atoms with Crippen molar-refractivity contribution in [3.05, 3.63) is 34.4 Å². The minimum atomic E-state index is -0.0454. The monoisotopic (exact) mass is 238 g/mol. The van der Waals surface area contributed by atoms with Gasteiger partial charge in [-0.25, -0.2) is 0 Å². The quantitative estimate of drug-likeness (QED) is 0.740. The molecule has 0 aliphatic carbocycles. The van der Waals surface area contributed by atoms with E-state index in [9.17, 15) is 4.79 Å². The van der Waals surface area contributed by atoms with E-state index in [0.29, 0.717) is 0 Å². The normalized spacial score (nSPS) is 19.4. The van der Waals surface area contributed by atoms with Gasteiger partial charge >= 0.3 is 0 Å². The van der Waals surface area contributed by atoms with Gasteiger partial charge in [0.2, 0.25) is 0 Å². The van der Waals surface area contributed by atoms with Gasteiger partial charge < -0.3 is 0 Å². The van der Waals surface area contributed by atoms with Crippen LogP contribution in [0.25, 0.3) is 6.08 Å². The van der Waals surface area contributed by atoms with Crippen LogP contribution in [-0.2, 0) is 4.79 Å². The first-order valence-electron chi connectivity index (χ1n) is 4.73. The summed E-state index contributed by atoms with van der Waals surface area (Å²) in [5, 5.41) is 0.706. The van der Waals surface area contributed by atoms with Crippen molar-refractivity contribution in [2.75, 3.05) is 0 Å². The number of fused-ring (bicyclic) bond motifs is 1. The van der Waals surface area contributed by atoms with Crippen molar-refractivity contribution in [2.24, 2.45) is 0 Å². The minimum absolute atomic E-state index is 0.0454. The summed E-state index contributed by atoms with van der Waals surface area (Å²) in [5.74, 6) is 0.194. The van der Waals surface area contributed by atoms with Crippen LogP contribution in [0.5, 0.6) is 0 Å². The molecule has 0 saturated heterocycles. The first-order chi connectivity index (χ1) is 7.09. The molecule has 1 nitrogen and oxygen atoms in total. The van der Waals surface area contributed by atoms with Gasteiger partial charge in [0.15, 0.2) is 0 Å². The fraction of sp³-hybridized carbons (Fsp3) is 0.250. The van der Waals surface area contributed by atoms with Gasteiger partial charge in [0.25, 0.3) is 0 Å². The van der Waals surface area contributed by atoms with Crippen molar-refractivity contribution < 1.29 is 4.79 Å². The van der Waals surface area contributed by atoms with Gasteiger partial charge in [-0.3, -0.25) is 4.79 Å². The second-order valence-corrected chi connectivity index (χ2v) is 5.20. The minimum Gasteiger partial charge on any atom is -0.298 e. The summed E-state index contributed by atoms with van der Waals surface area (Å²) < 4.78 is 0. The van der Waals surface area contributed by atoms with Gasteiger partial charge in [0.1, 0.15) is 5.78 Å². The van der Waals surface area contributed by atoms with Crippen molar-refractivity contribution in [2.45, 2.75) is 24.0 Å². The number of benzene rings is 1. The maximum Gasteiger partial charge on any atom is 0.147 e. The summed E-state index contributed by atoms with van der Waals surface area (Å²) in [6, 6.07) is 5.80. The molecule has 0 bridgehead atoms. The van der Waals surface area contributed by atoms with E-state index >= 15 is 0 Å². The number of halogens is 1. The molecular weight excluding hydrogens is 228 g/mol. The zero-order valence-electron chi connectivity index (χ0n) is 8.58. The maximum absolute atomic E-state index is 11.4. The molecule has 0 unspecified atom stereocenters. The lowest BCUT2D eigenvalue weighted by Crippen LogP contribution is -2.17. The molecule has 15 heavy (non-hydrogen) atoms. The standard InChI is InChI=1S/C12H11ClOS/c1-7-6-9-10(13)4-3-5-11(9)15-12(7)8(2)14/h3-6,12H,1-2H3/t12-/m1/s1. The molecule has 1 heterocycles. The van der Waals surface area contributed by atoms with Crippen LogP contribution in [-0.4, -0.2) is 11.0 Å². The molecule has 0 amide bonds. The molecule has 3 heteroatoms. The molecule has 0 fully saturated rings. The highest BCUT2D eigenvalue weighted by atomic mass is 35.5. The Kier molecular flexibility index (Phi) is 2.89. The highest BCUT2D eigenvalue weighted by Gasteiger charge is 2.23.